The molecule has 3 N–H and O–H groups in total. The lowest BCUT2D eigenvalue weighted by molar-refractivity contribution is -0.140. The zero-order valence-electron chi connectivity index (χ0n) is 18.2. The highest BCUT2D eigenvalue weighted by atomic mass is 16.4. The molecule has 1 aliphatic heterocycles. The van der Waals surface area contributed by atoms with E-state index in [-0.39, 0.29) is 19.6 Å². The van der Waals surface area contributed by atoms with Gasteiger partial charge in [-0.1, -0.05) is 26.2 Å². The molecule has 1 heterocycles. The van der Waals surface area contributed by atoms with Gasteiger partial charge >= 0.3 is 17.9 Å². The van der Waals surface area contributed by atoms with Crippen LogP contribution in [-0.2, 0) is 14.4 Å². The molecular formula is C20H38N4O6. The third kappa shape index (κ3) is 12.7. The van der Waals surface area contributed by atoms with Gasteiger partial charge in [0.2, 0.25) is 0 Å². The largest absolute Gasteiger partial charge is 0.480 e. The molecule has 10 nitrogen and oxygen atoms in total. The molecule has 0 spiro atoms. The Morgan fingerprint density at radius 1 is 0.567 bits per heavy atom. The van der Waals surface area contributed by atoms with Crippen molar-refractivity contribution in [3.05, 3.63) is 0 Å². The molecule has 30 heavy (non-hydrogen) atoms. The lowest BCUT2D eigenvalue weighted by atomic mass is 10.2. The maximum absolute atomic E-state index is 11.2. The summed E-state index contributed by atoms with van der Waals surface area (Å²) in [6.45, 7) is 7.14. The zero-order chi connectivity index (χ0) is 22.4. The van der Waals surface area contributed by atoms with Gasteiger partial charge in [0.25, 0.3) is 0 Å². The number of carboxylic acid groups (broad SMARTS) is 3. The van der Waals surface area contributed by atoms with Crippen LogP contribution >= 0.6 is 0 Å². The fraction of sp³-hybridized carbons (Fsp3) is 0.850. The molecule has 1 aliphatic rings. The van der Waals surface area contributed by atoms with Gasteiger partial charge in [0.15, 0.2) is 0 Å². The molecule has 1 fully saturated rings. The summed E-state index contributed by atoms with van der Waals surface area (Å²) in [6, 6.07) is 0. The van der Waals surface area contributed by atoms with Crippen LogP contribution < -0.4 is 0 Å². The van der Waals surface area contributed by atoms with E-state index in [1.54, 1.807) is 4.90 Å². The fourth-order valence-corrected chi connectivity index (χ4v) is 3.61. The van der Waals surface area contributed by atoms with E-state index < -0.39 is 17.9 Å². The molecule has 0 unspecified atom stereocenters. The van der Waals surface area contributed by atoms with Crippen molar-refractivity contribution in [2.75, 3.05) is 78.5 Å². The molecule has 0 aromatic carbocycles. The van der Waals surface area contributed by atoms with Crippen LogP contribution in [0.1, 0.15) is 32.6 Å². The maximum atomic E-state index is 11.2. The van der Waals surface area contributed by atoms with E-state index in [4.69, 9.17) is 5.11 Å². The van der Waals surface area contributed by atoms with Crippen LogP contribution in [0.5, 0.6) is 0 Å². The van der Waals surface area contributed by atoms with Gasteiger partial charge in [0.1, 0.15) is 0 Å². The van der Waals surface area contributed by atoms with Crippen LogP contribution in [0.4, 0.5) is 0 Å². The Morgan fingerprint density at radius 3 is 1.20 bits per heavy atom. The monoisotopic (exact) mass is 430 g/mol. The summed E-state index contributed by atoms with van der Waals surface area (Å²) in [6.07, 6.45) is 4.56. The van der Waals surface area contributed by atoms with Crippen LogP contribution in [0.15, 0.2) is 0 Å². The van der Waals surface area contributed by atoms with Crippen LogP contribution in [0.25, 0.3) is 0 Å². The molecule has 174 valence electrons. The number of carbonyl (C=O) groups is 3. The number of hydrogen-bond acceptors (Lipinski definition) is 7. The molecule has 10 heteroatoms. The van der Waals surface area contributed by atoms with Crippen molar-refractivity contribution in [2.24, 2.45) is 0 Å². The van der Waals surface area contributed by atoms with E-state index in [2.05, 4.69) is 11.8 Å². The zero-order valence-corrected chi connectivity index (χ0v) is 18.2. The SMILES string of the molecule is CCCCCCN1CCN(CC(=O)O)CCN(CC(=O)O)CCN(CC(=O)O)CC1. The summed E-state index contributed by atoms with van der Waals surface area (Å²) in [7, 11) is 0. The summed E-state index contributed by atoms with van der Waals surface area (Å²) in [4.78, 5) is 41.4. The van der Waals surface area contributed by atoms with Crippen molar-refractivity contribution >= 4 is 17.9 Å². The quantitative estimate of drug-likeness (QED) is 0.387. The van der Waals surface area contributed by atoms with Crippen molar-refractivity contribution in [2.45, 2.75) is 32.6 Å². The normalized spacial score (nSPS) is 19.1. The van der Waals surface area contributed by atoms with Gasteiger partial charge in [-0.25, -0.2) is 0 Å². The molecule has 0 aromatic heterocycles. The third-order valence-electron chi connectivity index (χ3n) is 5.33. The molecule has 0 bridgehead atoms. The highest BCUT2D eigenvalue weighted by molar-refractivity contribution is 5.69. The summed E-state index contributed by atoms with van der Waals surface area (Å²) < 4.78 is 0. The van der Waals surface area contributed by atoms with Crippen LogP contribution in [0.3, 0.4) is 0 Å². The van der Waals surface area contributed by atoms with E-state index in [9.17, 15) is 24.6 Å². The maximum Gasteiger partial charge on any atom is 0.317 e. The first kappa shape index (κ1) is 26.3. The van der Waals surface area contributed by atoms with Gasteiger partial charge in [-0.05, 0) is 13.0 Å². The van der Waals surface area contributed by atoms with E-state index in [1.165, 1.54) is 6.42 Å². The highest BCUT2D eigenvalue weighted by Gasteiger charge is 2.19. The lowest BCUT2D eigenvalue weighted by Gasteiger charge is -2.33. The molecule has 1 saturated heterocycles. The van der Waals surface area contributed by atoms with Crippen molar-refractivity contribution in [3.63, 3.8) is 0 Å². The van der Waals surface area contributed by atoms with Gasteiger partial charge in [0.05, 0.1) is 19.6 Å². The molecule has 0 radical (unpaired) electrons. The van der Waals surface area contributed by atoms with Crippen LogP contribution in [-0.4, -0.2) is 131 Å². The van der Waals surface area contributed by atoms with Crippen LogP contribution in [0.2, 0.25) is 0 Å². The Labute approximate surface area is 179 Å². The highest BCUT2D eigenvalue weighted by Crippen LogP contribution is 2.05. The number of unbranched alkanes of at least 4 members (excludes halogenated alkanes) is 3. The van der Waals surface area contributed by atoms with Gasteiger partial charge in [0, 0.05) is 52.4 Å². The Kier molecular flexibility index (Phi) is 13.2. The molecular weight excluding hydrogens is 392 g/mol. The van der Waals surface area contributed by atoms with E-state index >= 15 is 0 Å². The number of nitrogens with zero attached hydrogens (tertiary/aromatic N) is 4. The van der Waals surface area contributed by atoms with Gasteiger partial charge in [-0.3, -0.25) is 29.1 Å². The first-order valence-electron chi connectivity index (χ1n) is 10.8. The van der Waals surface area contributed by atoms with E-state index in [1.807, 2.05) is 9.80 Å². The Morgan fingerprint density at radius 2 is 0.900 bits per heavy atom. The Hall–Kier alpha value is -1.75. The molecule has 1 rings (SSSR count). The molecule has 0 aromatic rings. The fourth-order valence-electron chi connectivity index (χ4n) is 3.61. The average molecular weight is 431 g/mol. The van der Waals surface area contributed by atoms with Gasteiger partial charge < -0.3 is 20.2 Å². The van der Waals surface area contributed by atoms with Crippen molar-refractivity contribution in [1.82, 2.24) is 19.6 Å². The topological polar surface area (TPSA) is 125 Å². The number of hydrogen-bond donors (Lipinski definition) is 3. The average Bonchev–Trinajstić information content (AvgIpc) is 2.65. The Balaban J connectivity index is 2.83. The van der Waals surface area contributed by atoms with Crippen LogP contribution in [0, 0.1) is 0 Å². The lowest BCUT2D eigenvalue weighted by Crippen LogP contribution is -2.48. The predicted octanol–water partition coefficient (Wildman–Crippen LogP) is 0.0421. The van der Waals surface area contributed by atoms with Crippen molar-refractivity contribution in [3.8, 4) is 0 Å². The van der Waals surface area contributed by atoms with Gasteiger partial charge in [-0.2, -0.15) is 0 Å². The summed E-state index contributed by atoms with van der Waals surface area (Å²) in [5, 5.41) is 27.6. The summed E-state index contributed by atoms with van der Waals surface area (Å²) in [5.74, 6) is -2.74. The summed E-state index contributed by atoms with van der Waals surface area (Å²) in [5.41, 5.74) is 0. The molecule has 0 atom stereocenters. The number of aliphatic carboxylic acids is 3. The number of carboxylic acids is 3. The molecule has 0 saturated carbocycles. The number of rotatable bonds is 11. The van der Waals surface area contributed by atoms with E-state index in [0.717, 1.165) is 25.8 Å². The first-order chi connectivity index (χ1) is 14.3. The molecule has 0 amide bonds. The van der Waals surface area contributed by atoms with Gasteiger partial charge in [-0.15, -0.1) is 0 Å². The second-order valence-corrected chi connectivity index (χ2v) is 7.91. The minimum absolute atomic E-state index is 0.0737. The standard InChI is InChI=1S/C20H38N4O6/c1-2-3-4-5-6-21-7-9-22(15-18(25)26)11-13-24(17-20(29)30)14-12-23(10-8-21)16-19(27)28/h2-17H2,1H3,(H,25,26)(H,27,28)(H,29,30). The Bertz CT molecular complexity index is 501. The molecule has 0 aliphatic carbocycles. The first-order valence-corrected chi connectivity index (χ1v) is 10.8. The predicted molar refractivity (Wildman–Crippen MR) is 113 cm³/mol. The van der Waals surface area contributed by atoms with E-state index in [0.29, 0.717) is 52.4 Å². The third-order valence-corrected chi connectivity index (χ3v) is 5.33. The van der Waals surface area contributed by atoms with Crippen molar-refractivity contribution < 1.29 is 29.7 Å². The minimum Gasteiger partial charge on any atom is -0.480 e. The summed E-state index contributed by atoms with van der Waals surface area (Å²) >= 11 is 0. The minimum atomic E-state index is -0.949. The second kappa shape index (κ2) is 15.1. The van der Waals surface area contributed by atoms with Crippen molar-refractivity contribution in [1.29, 1.82) is 0 Å². The second-order valence-electron chi connectivity index (χ2n) is 7.91. The smallest absolute Gasteiger partial charge is 0.317 e.